The van der Waals surface area contributed by atoms with Gasteiger partial charge in [0.05, 0.1) is 13.8 Å². The van der Waals surface area contributed by atoms with Crippen LogP contribution in [0.3, 0.4) is 0 Å². The monoisotopic (exact) mass is 573 g/mol. The lowest BCUT2D eigenvalue weighted by atomic mass is 9.99. The molecule has 1 aliphatic rings. The smallest absolute Gasteiger partial charge is 0.180 e. The lowest BCUT2D eigenvalue weighted by Gasteiger charge is -2.31. The van der Waals surface area contributed by atoms with E-state index in [1.807, 2.05) is 0 Å². The fourth-order valence-corrected chi connectivity index (χ4v) is 13.4. The molecule has 3 heteroatoms. The lowest BCUT2D eigenvalue weighted by Crippen LogP contribution is -2.72. The summed E-state index contributed by atoms with van der Waals surface area (Å²) in [5.41, 5.74) is 8.77. The minimum atomic E-state index is -2.47. The largest absolute Gasteiger partial charge is 0.256 e. The molecule has 0 unspecified atom stereocenters. The van der Waals surface area contributed by atoms with Crippen LogP contribution in [0.15, 0.2) is 140 Å². The number of pyridine rings is 1. The number of benzene rings is 5. The molecule has 0 aliphatic carbocycles. The maximum Gasteiger partial charge on any atom is 0.180 e. The minimum absolute atomic E-state index is 1.03. The Morgan fingerprint density at radius 1 is 0.524 bits per heavy atom. The zero-order valence-corrected chi connectivity index (χ0v) is 26.7. The van der Waals surface area contributed by atoms with Gasteiger partial charge < -0.3 is 0 Å². The summed E-state index contributed by atoms with van der Waals surface area (Å²) in [5.74, 6) is 0. The van der Waals surface area contributed by atoms with E-state index in [-0.39, 0.29) is 0 Å². The van der Waals surface area contributed by atoms with Crippen molar-refractivity contribution < 1.29 is 0 Å². The summed E-state index contributed by atoms with van der Waals surface area (Å²) in [6.45, 7) is 9.37. The molecule has 0 radical (unpaired) electrons. The molecule has 0 bridgehead atoms. The van der Waals surface area contributed by atoms with Crippen molar-refractivity contribution in [1.29, 1.82) is 0 Å². The number of hydrogen-bond donors (Lipinski definition) is 0. The molecule has 0 saturated heterocycles. The van der Waals surface area contributed by atoms with Crippen LogP contribution in [0.1, 0.15) is 5.56 Å². The second kappa shape index (κ2) is 10.2. The zero-order valence-electron chi connectivity index (χ0n) is 24.7. The van der Waals surface area contributed by atoms with Crippen LogP contribution in [0, 0.1) is 6.92 Å². The molecule has 204 valence electrons. The Kier molecular flexibility index (Phi) is 6.45. The minimum Gasteiger partial charge on any atom is -0.256 e. The molecule has 1 aromatic heterocycles. The van der Waals surface area contributed by atoms with Gasteiger partial charge in [-0.25, -0.2) is 0 Å². The SMILES string of the molecule is Cc1ccc(-c2cc(-c3ccc4c(c3)-c3ccccc3[Si]4(c3ccccc3)c3ccccc3)ncc2[Si](C)(C)C)cc1. The van der Waals surface area contributed by atoms with Crippen molar-refractivity contribution in [2.45, 2.75) is 26.6 Å². The second-order valence-corrected chi connectivity index (χ2v) is 21.3. The van der Waals surface area contributed by atoms with Gasteiger partial charge in [-0.3, -0.25) is 4.98 Å². The summed E-state index contributed by atoms with van der Waals surface area (Å²) >= 11 is 0. The highest BCUT2D eigenvalue weighted by Gasteiger charge is 2.48. The van der Waals surface area contributed by atoms with E-state index in [0.717, 1.165) is 5.69 Å². The average Bonchev–Trinajstić information content (AvgIpc) is 3.32. The van der Waals surface area contributed by atoms with Crippen LogP contribution in [0.5, 0.6) is 0 Å². The van der Waals surface area contributed by atoms with E-state index in [4.69, 9.17) is 4.98 Å². The van der Waals surface area contributed by atoms with Crippen molar-refractivity contribution in [3.8, 4) is 33.5 Å². The van der Waals surface area contributed by atoms with E-state index < -0.39 is 16.1 Å². The fourth-order valence-electron chi connectivity index (χ4n) is 6.79. The van der Waals surface area contributed by atoms with Crippen molar-refractivity contribution in [3.05, 3.63) is 145 Å². The topological polar surface area (TPSA) is 12.9 Å². The lowest BCUT2D eigenvalue weighted by molar-refractivity contribution is 1.34. The molecule has 0 N–H and O–H groups in total. The highest BCUT2D eigenvalue weighted by Crippen LogP contribution is 2.33. The van der Waals surface area contributed by atoms with Gasteiger partial charge in [-0.2, -0.15) is 0 Å². The predicted octanol–water partition coefficient (Wildman–Crippen LogP) is 6.63. The number of hydrogen-bond acceptors (Lipinski definition) is 1. The summed E-state index contributed by atoms with van der Waals surface area (Å²) < 4.78 is 0. The molecule has 2 heterocycles. The Morgan fingerprint density at radius 3 is 1.74 bits per heavy atom. The molecule has 0 fully saturated rings. The summed E-state index contributed by atoms with van der Waals surface area (Å²) in [7, 11) is -4.08. The van der Waals surface area contributed by atoms with Crippen LogP contribution in [0.4, 0.5) is 0 Å². The van der Waals surface area contributed by atoms with E-state index in [1.54, 1.807) is 0 Å². The number of aryl methyl sites for hydroxylation is 1. The first-order valence-electron chi connectivity index (χ1n) is 14.8. The maximum atomic E-state index is 5.10. The highest BCUT2D eigenvalue weighted by atomic mass is 28.3. The molecular weight excluding hydrogens is 539 g/mol. The normalized spacial score (nSPS) is 13.4. The summed E-state index contributed by atoms with van der Waals surface area (Å²) in [5, 5.41) is 7.18. The molecule has 0 amide bonds. The third-order valence-corrected chi connectivity index (χ3v) is 15.7. The van der Waals surface area contributed by atoms with Crippen LogP contribution >= 0.6 is 0 Å². The van der Waals surface area contributed by atoms with Gasteiger partial charge in [0.15, 0.2) is 8.07 Å². The first kappa shape index (κ1) is 26.6. The predicted molar refractivity (Wildman–Crippen MR) is 185 cm³/mol. The van der Waals surface area contributed by atoms with E-state index in [1.165, 1.54) is 59.3 Å². The number of fused-ring (bicyclic) bond motifs is 3. The number of rotatable bonds is 5. The van der Waals surface area contributed by atoms with Crippen LogP contribution in [0.25, 0.3) is 33.5 Å². The van der Waals surface area contributed by atoms with Gasteiger partial charge in [-0.1, -0.05) is 147 Å². The zero-order chi connectivity index (χ0) is 28.9. The van der Waals surface area contributed by atoms with Gasteiger partial charge >= 0.3 is 0 Å². The van der Waals surface area contributed by atoms with Crippen molar-refractivity contribution >= 4 is 42.1 Å². The van der Waals surface area contributed by atoms with Gasteiger partial charge in [0.2, 0.25) is 0 Å². The molecule has 1 aliphatic heterocycles. The quantitative estimate of drug-likeness (QED) is 0.211. The van der Waals surface area contributed by atoms with Gasteiger partial charge in [-0.05, 0) is 67.2 Å². The van der Waals surface area contributed by atoms with Gasteiger partial charge in [-0.15, -0.1) is 0 Å². The van der Waals surface area contributed by atoms with Crippen molar-refractivity contribution in [3.63, 3.8) is 0 Å². The van der Waals surface area contributed by atoms with Gasteiger partial charge in [0.25, 0.3) is 0 Å². The molecule has 1 nitrogen and oxygen atoms in total. The maximum absolute atomic E-state index is 5.10. The van der Waals surface area contributed by atoms with E-state index in [0.29, 0.717) is 0 Å². The van der Waals surface area contributed by atoms with Crippen LogP contribution < -0.4 is 25.9 Å². The molecule has 42 heavy (non-hydrogen) atoms. The molecule has 5 aromatic carbocycles. The first-order valence-corrected chi connectivity index (χ1v) is 20.3. The highest BCUT2D eigenvalue weighted by molar-refractivity contribution is 7.22. The number of aromatic nitrogens is 1. The van der Waals surface area contributed by atoms with Gasteiger partial charge in [0, 0.05) is 11.8 Å². The summed E-state index contributed by atoms with van der Waals surface area (Å²) in [6, 6.07) is 49.9. The molecule has 6 aromatic rings. The number of nitrogens with zero attached hydrogens (tertiary/aromatic N) is 1. The first-order chi connectivity index (χ1) is 20.4. The van der Waals surface area contributed by atoms with Crippen molar-refractivity contribution in [2.75, 3.05) is 0 Å². The Balaban J connectivity index is 1.46. The molecule has 0 spiro atoms. The Morgan fingerprint density at radius 2 is 1.10 bits per heavy atom. The van der Waals surface area contributed by atoms with Crippen molar-refractivity contribution in [1.82, 2.24) is 4.98 Å². The third kappa shape index (κ3) is 4.23. The second-order valence-electron chi connectivity index (χ2n) is 12.5. The van der Waals surface area contributed by atoms with Gasteiger partial charge in [0.1, 0.15) is 0 Å². The van der Waals surface area contributed by atoms with Crippen LogP contribution in [0.2, 0.25) is 19.6 Å². The molecule has 0 atom stereocenters. The third-order valence-electron chi connectivity index (χ3n) is 8.83. The Labute approximate surface area is 251 Å². The molecule has 0 saturated carbocycles. The molecular formula is C39H35NSi2. The van der Waals surface area contributed by atoms with Crippen LogP contribution in [-0.4, -0.2) is 21.1 Å². The molecule has 7 rings (SSSR count). The van der Waals surface area contributed by atoms with Crippen molar-refractivity contribution in [2.24, 2.45) is 0 Å². The fraction of sp³-hybridized carbons (Fsp3) is 0.103. The van der Waals surface area contributed by atoms with Crippen LogP contribution in [-0.2, 0) is 0 Å². The summed E-state index contributed by atoms with van der Waals surface area (Å²) in [4.78, 5) is 5.10. The van der Waals surface area contributed by atoms with E-state index >= 15 is 0 Å². The average molecular weight is 574 g/mol. The Hall–Kier alpha value is -4.32. The van der Waals surface area contributed by atoms with E-state index in [9.17, 15) is 0 Å². The Bertz CT molecular complexity index is 1860. The summed E-state index contributed by atoms with van der Waals surface area (Å²) in [6.07, 6.45) is 2.16. The standard InChI is InChI=1S/C39H35NSi2/c1-28-19-21-29(22-20-28)34-26-36(40-27-39(34)41(2,3)4)30-23-24-38-35(25-30)33-17-11-12-18-37(33)42(38,31-13-7-5-8-14-31)32-15-9-6-10-16-32/h5-27H,1-4H3. The van der Waals surface area contributed by atoms with E-state index in [2.05, 4.69) is 166 Å².